The predicted octanol–water partition coefficient (Wildman–Crippen LogP) is 18.4. The van der Waals surface area contributed by atoms with Crippen molar-refractivity contribution >= 4 is 17.9 Å². The molecule has 0 aliphatic rings. The normalized spacial score (nSPS) is 12.7. The van der Waals surface area contributed by atoms with E-state index in [0.29, 0.717) is 19.3 Å². The van der Waals surface area contributed by atoms with Gasteiger partial charge in [0.1, 0.15) is 13.2 Å². The van der Waals surface area contributed by atoms with E-state index in [4.69, 9.17) is 14.2 Å². The standard InChI is InChI=1S/C60H102O6/c1-4-7-10-13-16-18-20-22-24-26-27-28-29-30-31-32-33-35-36-38-40-42-44-47-50-53-59(62)65-56-57(55-64-58(61)52-49-46-15-12-9-6-3)66-60(63)54-51-48-45-43-41-39-37-34-25-23-21-19-17-14-11-8-5-2/h7,10,16,18,22,24,27-28,30-31,33,35,38,40,57H,4-6,8-9,11-15,17,19-21,23,25-26,29,32,34,36-37,39,41-56H2,1-3H3/b10-7-,18-16-,24-22-,28-27-,31-30-,35-33-,40-38-. The first-order valence-electron chi connectivity index (χ1n) is 27.6. The fourth-order valence-corrected chi connectivity index (χ4v) is 7.54. The van der Waals surface area contributed by atoms with Crippen molar-refractivity contribution in [2.45, 2.75) is 264 Å². The molecule has 378 valence electrons. The lowest BCUT2D eigenvalue weighted by atomic mass is 10.0. The van der Waals surface area contributed by atoms with Gasteiger partial charge in [0, 0.05) is 19.3 Å². The molecule has 0 spiro atoms. The second kappa shape index (κ2) is 54.2. The van der Waals surface area contributed by atoms with E-state index >= 15 is 0 Å². The first-order chi connectivity index (χ1) is 32.5. The highest BCUT2D eigenvalue weighted by Gasteiger charge is 2.19. The van der Waals surface area contributed by atoms with Crippen molar-refractivity contribution in [2.75, 3.05) is 13.2 Å². The van der Waals surface area contributed by atoms with Gasteiger partial charge in [-0.15, -0.1) is 0 Å². The van der Waals surface area contributed by atoms with Gasteiger partial charge in [-0.25, -0.2) is 0 Å². The molecule has 1 atom stereocenters. The number of allylic oxidation sites excluding steroid dienone is 14. The van der Waals surface area contributed by atoms with Crippen LogP contribution in [0, 0.1) is 0 Å². The number of hydrogen-bond donors (Lipinski definition) is 0. The smallest absolute Gasteiger partial charge is 0.306 e. The average Bonchev–Trinajstić information content (AvgIpc) is 3.31. The van der Waals surface area contributed by atoms with E-state index in [1.807, 2.05) is 0 Å². The summed E-state index contributed by atoms with van der Waals surface area (Å²) in [5.41, 5.74) is 0. The van der Waals surface area contributed by atoms with Crippen LogP contribution in [0.4, 0.5) is 0 Å². The van der Waals surface area contributed by atoms with Crippen LogP contribution in [0.5, 0.6) is 0 Å². The van der Waals surface area contributed by atoms with Crippen molar-refractivity contribution in [2.24, 2.45) is 0 Å². The predicted molar refractivity (Wildman–Crippen MR) is 284 cm³/mol. The SMILES string of the molecule is CC/C=C\C/C=C\C/C=C\C/C=C\C/C=C\C/C=C\C/C=C\CCCCCC(=O)OCC(COC(=O)CCCCCCCC)OC(=O)CCCCCCCCCCCCCCCCCCC. The molecular formula is C60H102O6. The van der Waals surface area contributed by atoms with Crippen LogP contribution in [-0.2, 0) is 28.6 Å². The van der Waals surface area contributed by atoms with Gasteiger partial charge in [0.05, 0.1) is 0 Å². The highest BCUT2D eigenvalue weighted by Crippen LogP contribution is 2.15. The van der Waals surface area contributed by atoms with Crippen molar-refractivity contribution in [1.82, 2.24) is 0 Å². The lowest BCUT2D eigenvalue weighted by Crippen LogP contribution is -2.30. The molecule has 0 aromatic carbocycles. The van der Waals surface area contributed by atoms with Crippen LogP contribution in [0.1, 0.15) is 258 Å². The molecule has 0 aliphatic heterocycles. The van der Waals surface area contributed by atoms with Crippen LogP contribution >= 0.6 is 0 Å². The second-order valence-electron chi connectivity index (χ2n) is 18.1. The molecule has 0 rings (SSSR count). The maximum absolute atomic E-state index is 12.8. The first kappa shape index (κ1) is 62.6. The molecule has 0 aromatic heterocycles. The molecule has 0 fully saturated rings. The van der Waals surface area contributed by atoms with Crippen molar-refractivity contribution in [3.8, 4) is 0 Å². The van der Waals surface area contributed by atoms with Gasteiger partial charge in [-0.3, -0.25) is 14.4 Å². The second-order valence-corrected chi connectivity index (χ2v) is 18.1. The maximum atomic E-state index is 12.8. The highest BCUT2D eigenvalue weighted by molar-refractivity contribution is 5.71. The van der Waals surface area contributed by atoms with E-state index in [0.717, 1.165) is 109 Å². The summed E-state index contributed by atoms with van der Waals surface area (Å²) >= 11 is 0. The van der Waals surface area contributed by atoms with Gasteiger partial charge in [-0.1, -0.05) is 247 Å². The third-order valence-corrected chi connectivity index (χ3v) is 11.7. The molecule has 6 nitrogen and oxygen atoms in total. The van der Waals surface area contributed by atoms with Crippen LogP contribution in [0.15, 0.2) is 85.1 Å². The average molecular weight is 919 g/mol. The lowest BCUT2D eigenvalue weighted by Gasteiger charge is -2.18. The summed E-state index contributed by atoms with van der Waals surface area (Å²) in [4.78, 5) is 37.8. The third kappa shape index (κ3) is 51.6. The van der Waals surface area contributed by atoms with E-state index in [2.05, 4.69) is 106 Å². The Morgan fingerprint density at radius 3 is 0.924 bits per heavy atom. The van der Waals surface area contributed by atoms with Gasteiger partial charge < -0.3 is 14.2 Å². The fraction of sp³-hybridized carbons (Fsp3) is 0.717. The Morgan fingerprint density at radius 2 is 0.591 bits per heavy atom. The summed E-state index contributed by atoms with van der Waals surface area (Å²) < 4.78 is 16.7. The summed E-state index contributed by atoms with van der Waals surface area (Å²) in [6.45, 7) is 6.45. The van der Waals surface area contributed by atoms with Crippen molar-refractivity contribution in [3.05, 3.63) is 85.1 Å². The minimum atomic E-state index is -0.785. The zero-order valence-electron chi connectivity index (χ0n) is 43.2. The summed E-state index contributed by atoms with van der Waals surface area (Å²) in [7, 11) is 0. The molecule has 0 saturated heterocycles. The Labute approximate surface area is 407 Å². The monoisotopic (exact) mass is 919 g/mol. The molecule has 0 aromatic rings. The molecule has 0 aliphatic carbocycles. The number of rotatable bonds is 49. The van der Waals surface area contributed by atoms with Gasteiger partial charge in [0.25, 0.3) is 0 Å². The maximum Gasteiger partial charge on any atom is 0.306 e. The van der Waals surface area contributed by atoms with Gasteiger partial charge in [0.2, 0.25) is 0 Å². The minimum absolute atomic E-state index is 0.0857. The Bertz CT molecular complexity index is 1290. The molecule has 1 unspecified atom stereocenters. The molecule has 0 radical (unpaired) electrons. The number of hydrogen-bond acceptors (Lipinski definition) is 6. The van der Waals surface area contributed by atoms with E-state index in [9.17, 15) is 14.4 Å². The zero-order valence-corrected chi connectivity index (χ0v) is 43.2. The van der Waals surface area contributed by atoms with Crippen LogP contribution in [0.3, 0.4) is 0 Å². The Hall–Kier alpha value is -3.41. The quantitative estimate of drug-likeness (QED) is 0.0262. The van der Waals surface area contributed by atoms with Crippen molar-refractivity contribution in [3.63, 3.8) is 0 Å². The Balaban J connectivity index is 4.24. The molecule has 0 bridgehead atoms. The summed E-state index contributed by atoms with van der Waals surface area (Å²) in [5.74, 6) is -0.925. The van der Waals surface area contributed by atoms with E-state index in [1.165, 1.54) is 109 Å². The van der Waals surface area contributed by atoms with Crippen molar-refractivity contribution < 1.29 is 28.6 Å². The van der Waals surface area contributed by atoms with E-state index in [1.54, 1.807) is 0 Å². The molecule has 0 N–H and O–H groups in total. The highest BCUT2D eigenvalue weighted by atomic mass is 16.6. The molecular weight excluding hydrogens is 817 g/mol. The van der Waals surface area contributed by atoms with Crippen LogP contribution < -0.4 is 0 Å². The van der Waals surface area contributed by atoms with Crippen molar-refractivity contribution in [1.29, 1.82) is 0 Å². The summed E-state index contributed by atoms with van der Waals surface area (Å²) in [5, 5.41) is 0. The Kier molecular flexibility index (Phi) is 51.4. The molecule has 66 heavy (non-hydrogen) atoms. The first-order valence-corrected chi connectivity index (χ1v) is 27.6. The van der Waals surface area contributed by atoms with Gasteiger partial charge in [-0.05, 0) is 77.0 Å². The van der Waals surface area contributed by atoms with Gasteiger partial charge >= 0.3 is 17.9 Å². The topological polar surface area (TPSA) is 78.9 Å². The third-order valence-electron chi connectivity index (χ3n) is 11.7. The number of unbranched alkanes of at least 4 members (excludes halogenated alkanes) is 24. The fourth-order valence-electron chi connectivity index (χ4n) is 7.54. The number of esters is 3. The number of ether oxygens (including phenoxy) is 3. The van der Waals surface area contributed by atoms with Gasteiger partial charge in [-0.2, -0.15) is 0 Å². The number of carbonyl (C=O) groups excluding carboxylic acids is 3. The van der Waals surface area contributed by atoms with Gasteiger partial charge in [0.15, 0.2) is 6.10 Å². The Morgan fingerprint density at radius 1 is 0.318 bits per heavy atom. The lowest BCUT2D eigenvalue weighted by molar-refractivity contribution is -0.167. The van der Waals surface area contributed by atoms with Crippen LogP contribution in [0.2, 0.25) is 0 Å². The molecule has 0 heterocycles. The summed E-state index contributed by atoms with van der Waals surface area (Å²) in [6.07, 6.45) is 70.3. The summed E-state index contributed by atoms with van der Waals surface area (Å²) in [6, 6.07) is 0. The van der Waals surface area contributed by atoms with Crippen LogP contribution in [0.25, 0.3) is 0 Å². The number of carbonyl (C=O) groups is 3. The zero-order chi connectivity index (χ0) is 47.9. The molecule has 0 amide bonds. The van der Waals surface area contributed by atoms with E-state index < -0.39 is 6.10 Å². The minimum Gasteiger partial charge on any atom is -0.462 e. The largest absolute Gasteiger partial charge is 0.462 e. The molecule has 0 saturated carbocycles. The molecule has 6 heteroatoms. The van der Waals surface area contributed by atoms with Crippen LogP contribution in [-0.4, -0.2) is 37.2 Å². The van der Waals surface area contributed by atoms with E-state index in [-0.39, 0.29) is 31.1 Å².